The second-order valence-electron chi connectivity index (χ2n) is 6.85. The summed E-state index contributed by atoms with van der Waals surface area (Å²) in [6.45, 7) is 4.53. The second-order valence-corrected chi connectivity index (χ2v) is 6.85. The molecule has 1 aromatic carbocycles. The molecule has 1 aliphatic heterocycles. The Morgan fingerprint density at radius 3 is 2.46 bits per heavy atom. The van der Waals surface area contributed by atoms with Crippen LogP contribution in [0.15, 0.2) is 53.3 Å². The van der Waals surface area contributed by atoms with E-state index in [4.69, 9.17) is 5.73 Å². The lowest BCUT2D eigenvalue weighted by Crippen LogP contribution is -2.48. The molecule has 0 saturated carbocycles. The molecule has 5 nitrogen and oxygen atoms in total. The predicted octanol–water partition coefficient (Wildman–Crippen LogP) is 2.82. The van der Waals surface area contributed by atoms with Crippen LogP contribution in [-0.2, 0) is 0 Å². The van der Waals surface area contributed by atoms with Gasteiger partial charge in [0.2, 0.25) is 0 Å². The van der Waals surface area contributed by atoms with Gasteiger partial charge in [-0.25, -0.2) is 0 Å². The lowest BCUT2D eigenvalue weighted by molar-refractivity contribution is 0.207. The monoisotopic (exact) mass is 343 g/mol. The zero-order valence-corrected chi connectivity index (χ0v) is 14.8. The van der Waals surface area contributed by atoms with Crippen LogP contribution in [0.5, 0.6) is 0 Å². The van der Waals surface area contributed by atoms with Gasteiger partial charge in [-0.05, 0) is 24.1 Å². The summed E-state index contributed by atoms with van der Waals surface area (Å²) in [7, 11) is 0. The highest BCUT2D eigenvalue weighted by molar-refractivity contribution is 5.59. The van der Waals surface area contributed by atoms with E-state index < -0.39 is 11.3 Å². The Bertz CT molecular complexity index is 862. The first-order chi connectivity index (χ1) is 12.6. The van der Waals surface area contributed by atoms with Gasteiger partial charge in [0.1, 0.15) is 6.07 Å². The standard InChI is InChI=1S/C21H21N5/c1-2-9-26-10-8-16-17(11-22)20(25)21(13-23,14-24)19(18(16)12-26)15-6-4-3-5-7-15/h3-8,18-19H,2,9-10,12,25H2,1H3/t18-,19-/m1/s1. The number of nitrogens with two attached hydrogens (primary N) is 1. The van der Waals surface area contributed by atoms with Crippen molar-refractivity contribution in [2.75, 3.05) is 19.6 Å². The smallest absolute Gasteiger partial charge is 0.191 e. The SMILES string of the molecule is CCCN1CC=C2C(C#N)=C(N)C(C#N)(C#N)[C@H](c3ccccc3)[C@@H]2C1. The third kappa shape index (κ3) is 2.57. The molecule has 1 aromatic rings. The number of nitriles is 3. The van der Waals surface area contributed by atoms with Crippen molar-refractivity contribution >= 4 is 0 Å². The molecular formula is C21H21N5. The van der Waals surface area contributed by atoms with Crippen LogP contribution >= 0.6 is 0 Å². The van der Waals surface area contributed by atoms with Crippen LogP contribution in [0, 0.1) is 45.3 Å². The quantitative estimate of drug-likeness (QED) is 0.909. The Morgan fingerprint density at radius 2 is 1.88 bits per heavy atom. The Balaban J connectivity index is 2.26. The number of hydrogen-bond acceptors (Lipinski definition) is 5. The summed E-state index contributed by atoms with van der Waals surface area (Å²) in [5.74, 6) is -0.513. The molecule has 0 radical (unpaired) electrons. The van der Waals surface area contributed by atoms with Crippen LogP contribution < -0.4 is 5.73 Å². The molecule has 0 fully saturated rings. The highest BCUT2D eigenvalue weighted by Gasteiger charge is 2.54. The van der Waals surface area contributed by atoms with E-state index in [1.807, 2.05) is 36.4 Å². The normalized spacial score (nSPS) is 24.6. The predicted molar refractivity (Wildman–Crippen MR) is 98.0 cm³/mol. The topological polar surface area (TPSA) is 101 Å². The number of fused-ring (bicyclic) bond motifs is 1. The molecule has 0 amide bonds. The van der Waals surface area contributed by atoms with Crippen molar-refractivity contribution in [2.45, 2.75) is 19.3 Å². The Morgan fingerprint density at radius 1 is 1.19 bits per heavy atom. The number of benzene rings is 1. The third-order valence-electron chi connectivity index (χ3n) is 5.44. The van der Waals surface area contributed by atoms with Crippen molar-refractivity contribution in [1.82, 2.24) is 4.90 Å². The van der Waals surface area contributed by atoms with Gasteiger partial charge < -0.3 is 5.73 Å². The van der Waals surface area contributed by atoms with Crippen molar-refractivity contribution in [3.8, 4) is 18.2 Å². The number of allylic oxidation sites excluding steroid dienone is 2. The Kier molecular flexibility index (Phi) is 4.81. The molecule has 1 heterocycles. The maximum absolute atomic E-state index is 9.99. The van der Waals surface area contributed by atoms with Gasteiger partial charge in [0.05, 0.1) is 23.4 Å². The number of hydrogen-bond donors (Lipinski definition) is 1. The summed E-state index contributed by atoms with van der Waals surface area (Å²) in [5.41, 5.74) is 6.92. The zero-order valence-electron chi connectivity index (χ0n) is 14.8. The van der Waals surface area contributed by atoms with Gasteiger partial charge in [0.25, 0.3) is 0 Å². The molecule has 0 saturated heterocycles. The highest BCUT2D eigenvalue weighted by Crippen LogP contribution is 2.54. The van der Waals surface area contributed by atoms with Crippen LogP contribution in [0.2, 0.25) is 0 Å². The lowest BCUT2D eigenvalue weighted by Gasteiger charge is -2.45. The third-order valence-corrected chi connectivity index (χ3v) is 5.44. The average Bonchev–Trinajstić information content (AvgIpc) is 2.68. The molecule has 2 aliphatic rings. The summed E-state index contributed by atoms with van der Waals surface area (Å²) in [4.78, 5) is 2.31. The molecule has 3 rings (SSSR count). The second kappa shape index (κ2) is 7.04. The first-order valence-corrected chi connectivity index (χ1v) is 8.83. The van der Waals surface area contributed by atoms with Gasteiger partial charge >= 0.3 is 0 Å². The largest absolute Gasteiger partial charge is 0.399 e. The van der Waals surface area contributed by atoms with E-state index in [1.165, 1.54) is 0 Å². The molecule has 2 atom stereocenters. The summed E-state index contributed by atoms with van der Waals surface area (Å²) in [6, 6.07) is 16.1. The first kappa shape index (κ1) is 17.7. The number of rotatable bonds is 3. The van der Waals surface area contributed by atoms with Crippen LogP contribution in [0.25, 0.3) is 0 Å². The molecule has 1 aliphatic carbocycles. The Hall–Kier alpha value is -3.07. The summed E-state index contributed by atoms with van der Waals surface area (Å²) >= 11 is 0. The fourth-order valence-electron chi connectivity index (χ4n) is 4.28. The van der Waals surface area contributed by atoms with Crippen LogP contribution in [0.4, 0.5) is 0 Å². The van der Waals surface area contributed by atoms with Gasteiger partial charge in [0, 0.05) is 24.9 Å². The minimum atomic E-state index is -1.54. The van der Waals surface area contributed by atoms with Crippen molar-refractivity contribution in [3.63, 3.8) is 0 Å². The van der Waals surface area contributed by atoms with Crippen molar-refractivity contribution < 1.29 is 0 Å². The van der Waals surface area contributed by atoms with Crippen molar-refractivity contribution in [2.24, 2.45) is 17.1 Å². The van der Waals surface area contributed by atoms with Crippen LogP contribution in [0.3, 0.4) is 0 Å². The molecule has 0 spiro atoms. The van der Waals surface area contributed by atoms with E-state index in [1.54, 1.807) is 0 Å². The van der Waals surface area contributed by atoms with Crippen molar-refractivity contribution in [3.05, 3.63) is 58.8 Å². The van der Waals surface area contributed by atoms with Gasteiger partial charge in [-0.1, -0.05) is 43.3 Å². The maximum Gasteiger partial charge on any atom is 0.191 e. The molecule has 2 N–H and O–H groups in total. The molecule has 5 heteroatoms. The average molecular weight is 343 g/mol. The molecule has 0 unspecified atom stereocenters. The van der Waals surface area contributed by atoms with Crippen LogP contribution in [-0.4, -0.2) is 24.5 Å². The summed E-state index contributed by atoms with van der Waals surface area (Å²) in [5, 5.41) is 29.7. The van der Waals surface area contributed by atoms with Crippen LogP contribution in [0.1, 0.15) is 24.8 Å². The van der Waals surface area contributed by atoms with E-state index in [0.717, 1.165) is 30.6 Å². The zero-order chi connectivity index (χ0) is 18.7. The van der Waals surface area contributed by atoms with E-state index >= 15 is 0 Å². The number of nitrogens with zero attached hydrogens (tertiary/aromatic N) is 4. The fourth-order valence-corrected chi connectivity index (χ4v) is 4.28. The molecule has 130 valence electrons. The molecule has 26 heavy (non-hydrogen) atoms. The van der Waals surface area contributed by atoms with Gasteiger partial charge in [-0.15, -0.1) is 0 Å². The minimum Gasteiger partial charge on any atom is -0.399 e. The van der Waals surface area contributed by atoms with Gasteiger partial charge in [-0.2, -0.15) is 15.8 Å². The summed E-state index contributed by atoms with van der Waals surface area (Å²) in [6.07, 6.45) is 3.07. The van der Waals surface area contributed by atoms with Crippen molar-refractivity contribution in [1.29, 1.82) is 15.8 Å². The lowest BCUT2D eigenvalue weighted by atomic mass is 9.58. The first-order valence-electron chi connectivity index (χ1n) is 8.83. The van der Waals surface area contributed by atoms with Gasteiger partial charge in [0.15, 0.2) is 5.41 Å². The van der Waals surface area contributed by atoms with E-state index in [2.05, 4.69) is 30.0 Å². The maximum atomic E-state index is 9.99. The van der Waals surface area contributed by atoms with E-state index in [-0.39, 0.29) is 11.6 Å². The molecular weight excluding hydrogens is 322 g/mol. The fraction of sp³-hybridized carbons (Fsp3) is 0.381. The van der Waals surface area contributed by atoms with E-state index in [9.17, 15) is 15.8 Å². The molecule has 0 bridgehead atoms. The minimum absolute atomic E-state index is 0.0882. The summed E-state index contributed by atoms with van der Waals surface area (Å²) < 4.78 is 0. The highest BCUT2D eigenvalue weighted by atomic mass is 15.1. The Labute approximate surface area is 154 Å². The molecule has 0 aromatic heterocycles. The van der Waals surface area contributed by atoms with E-state index in [0.29, 0.717) is 12.1 Å². The van der Waals surface area contributed by atoms with Gasteiger partial charge in [-0.3, -0.25) is 4.90 Å².